The maximum absolute atomic E-state index is 12.9. The van der Waals surface area contributed by atoms with E-state index in [9.17, 15) is 14.4 Å². The Morgan fingerprint density at radius 3 is 0.790 bits per heavy atom. The first-order valence-electron chi connectivity index (χ1n) is 33.7. The van der Waals surface area contributed by atoms with Crippen molar-refractivity contribution in [3.63, 3.8) is 0 Å². The number of carbonyl (C=O) groups is 3. The molecule has 6 nitrogen and oxygen atoms in total. The van der Waals surface area contributed by atoms with Gasteiger partial charge in [-0.15, -0.1) is 0 Å². The Balaban J connectivity index is 4.40. The summed E-state index contributed by atoms with van der Waals surface area (Å²) in [6.45, 7) is 6.48. The van der Waals surface area contributed by atoms with Crippen LogP contribution in [0.15, 0.2) is 134 Å². The zero-order valence-corrected chi connectivity index (χ0v) is 52.8. The minimum Gasteiger partial charge on any atom is -0.462 e. The summed E-state index contributed by atoms with van der Waals surface area (Å²) < 4.78 is 16.9. The Morgan fingerprint density at radius 1 is 0.259 bits per heavy atom. The highest BCUT2D eigenvalue weighted by Gasteiger charge is 2.19. The lowest BCUT2D eigenvalue weighted by molar-refractivity contribution is -0.167. The zero-order valence-electron chi connectivity index (χ0n) is 52.8. The van der Waals surface area contributed by atoms with Crippen LogP contribution in [0.4, 0.5) is 0 Å². The van der Waals surface area contributed by atoms with Gasteiger partial charge in [-0.05, 0) is 141 Å². The predicted molar refractivity (Wildman–Crippen MR) is 353 cm³/mol. The molecular formula is C75H124O6. The van der Waals surface area contributed by atoms with Gasteiger partial charge in [0.2, 0.25) is 0 Å². The molecule has 0 saturated carbocycles. The molecule has 460 valence electrons. The second kappa shape index (κ2) is 68.1. The number of hydrogen-bond donors (Lipinski definition) is 0. The number of ether oxygens (including phenoxy) is 3. The van der Waals surface area contributed by atoms with E-state index in [1.54, 1.807) is 0 Å². The zero-order chi connectivity index (χ0) is 58.5. The SMILES string of the molecule is CC/C=C\C/C=C\C/C=C\C/C=C\C/C=C\C/C=C\C/C=C\CCCCCCCCCC(=O)OCC(COC(=O)CCCCCCC/C=C\CCCCCCCC)OC(=O)CCCCCCCC/C=C\C/C=C\C/C=C\CCCCC. The van der Waals surface area contributed by atoms with Crippen LogP contribution in [0.3, 0.4) is 0 Å². The summed E-state index contributed by atoms with van der Waals surface area (Å²) in [5.74, 6) is -0.921. The van der Waals surface area contributed by atoms with Gasteiger partial charge < -0.3 is 14.2 Å². The van der Waals surface area contributed by atoms with E-state index in [0.29, 0.717) is 19.3 Å². The van der Waals surface area contributed by atoms with Crippen molar-refractivity contribution < 1.29 is 28.6 Å². The number of esters is 3. The van der Waals surface area contributed by atoms with Crippen molar-refractivity contribution in [1.82, 2.24) is 0 Å². The van der Waals surface area contributed by atoms with Crippen LogP contribution < -0.4 is 0 Å². The molecular weight excluding hydrogens is 997 g/mol. The maximum Gasteiger partial charge on any atom is 0.306 e. The normalized spacial score (nSPS) is 13.0. The molecule has 0 N–H and O–H groups in total. The second-order valence-corrected chi connectivity index (χ2v) is 22.0. The Morgan fingerprint density at radius 2 is 0.481 bits per heavy atom. The topological polar surface area (TPSA) is 78.9 Å². The first-order chi connectivity index (χ1) is 40.0. The van der Waals surface area contributed by atoms with Crippen LogP contribution in [0.2, 0.25) is 0 Å². The minimum atomic E-state index is -0.799. The molecule has 1 atom stereocenters. The molecule has 0 radical (unpaired) electrons. The van der Waals surface area contributed by atoms with Gasteiger partial charge in [0.1, 0.15) is 13.2 Å². The Bertz CT molecular complexity index is 1720. The Kier molecular flexibility index (Phi) is 64.3. The van der Waals surface area contributed by atoms with Crippen LogP contribution in [0.1, 0.15) is 303 Å². The molecule has 0 aliphatic rings. The van der Waals surface area contributed by atoms with Crippen molar-refractivity contribution in [1.29, 1.82) is 0 Å². The molecule has 0 aromatic rings. The van der Waals surface area contributed by atoms with E-state index in [4.69, 9.17) is 14.2 Å². The average Bonchev–Trinajstić information content (AvgIpc) is 3.47. The Hall–Kier alpha value is -4.45. The third-order valence-corrected chi connectivity index (χ3v) is 14.1. The lowest BCUT2D eigenvalue weighted by Gasteiger charge is -2.18. The molecule has 1 unspecified atom stereocenters. The second-order valence-electron chi connectivity index (χ2n) is 22.0. The van der Waals surface area contributed by atoms with Gasteiger partial charge in [-0.25, -0.2) is 0 Å². The number of hydrogen-bond acceptors (Lipinski definition) is 6. The molecule has 0 bridgehead atoms. The van der Waals surface area contributed by atoms with Gasteiger partial charge in [-0.3, -0.25) is 14.4 Å². The first kappa shape index (κ1) is 76.5. The van der Waals surface area contributed by atoms with Gasteiger partial charge >= 0.3 is 17.9 Å². The van der Waals surface area contributed by atoms with Crippen molar-refractivity contribution in [3.05, 3.63) is 134 Å². The molecule has 0 saturated heterocycles. The van der Waals surface area contributed by atoms with Crippen molar-refractivity contribution in [2.75, 3.05) is 13.2 Å². The van der Waals surface area contributed by atoms with E-state index in [-0.39, 0.29) is 31.1 Å². The molecule has 0 rings (SSSR count). The fraction of sp³-hybridized carbons (Fsp3) is 0.667. The lowest BCUT2D eigenvalue weighted by Crippen LogP contribution is -2.30. The monoisotopic (exact) mass is 1120 g/mol. The fourth-order valence-electron chi connectivity index (χ4n) is 9.07. The first-order valence-corrected chi connectivity index (χ1v) is 33.7. The summed E-state index contributed by atoms with van der Waals surface area (Å²) in [6, 6.07) is 0. The van der Waals surface area contributed by atoms with Crippen molar-refractivity contribution in [3.8, 4) is 0 Å². The fourth-order valence-corrected chi connectivity index (χ4v) is 9.07. The summed E-state index contributed by atoms with van der Waals surface area (Å²) in [6.07, 6.45) is 95.9. The van der Waals surface area contributed by atoms with Crippen LogP contribution in [-0.2, 0) is 28.6 Å². The van der Waals surface area contributed by atoms with E-state index >= 15 is 0 Å². The largest absolute Gasteiger partial charge is 0.462 e. The number of rotatable bonds is 60. The third kappa shape index (κ3) is 66.2. The van der Waals surface area contributed by atoms with Crippen LogP contribution in [0, 0.1) is 0 Å². The van der Waals surface area contributed by atoms with Gasteiger partial charge in [0, 0.05) is 19.3 Å². The van der Waals surface area contributed by atoms with Gasteiger partial charge in [-0.2, -0.15) is 0 Å². The van der Waals surface area contributed by atoms with E-state index in [2.05, 4.69) is 154 Å². The summed E-state index contributed by atoms with van der Waals surface area (Å²) in [4.78, 5) is 38.4. The average molecular weight is 1120 g/mol. The quantitative estimate of drug-likeness (QED) is 0.0261. The standard InChI is InChI=1S/C75H124O6/c1-4-7-10-13-16-19-22-25-28-30-32-33-34-35-36-37-38-39-40-41-43-44-47-50-53-56-59-62-65-68-74(77)80-71-72(70-79-73(76)67-64-61-58-55-52-49-46-27-24-21-18-15-12-9-6-3)81-75(78)69-66-63-60-57-54-51-48-45-42-31-29-26-23-20-17-14-11-8-5-2/h7,10,16-17,19-20,25-29,32-33,35-36,38-39,41-43,45-46,72H,4-6,8-9,11-15,18,21-24,30-31,34,37,40,44,47-71H2,1-3H3/b10-7-,19-16-,20-17-,28-25-,29-26-,33-32-,36-35-,39-38-,43-41-,45-42-,46-27-. The smallest absolute Gasteiger partial charge is 0.306 e. The van der Waals surface area contributed by atoms with Crippen molar-refractivity contribution >= 4 is 17.9 Å². The molecule has 0 fully saturated rings. The van der Waals surface area contributed by atoms with Crippen LogP contribution in [0.25, 0.3) is 0 Å². The number of carbonyl (C=O) groups excluding carboxylic acids is 3. The molecule has 0 aromatic heterocycles. The lowest BCUT2D eigenvalue weighted by atomic mass is 10.1. The highest BCUT2D eigenvalue weighted by Crippen LogP contribution is 2.15. The molecule has 6 heteroatoms. The van der Waals surface area contributed by atoms with Crippen molar-refractivity contribution in [2.24, 2.45) is 0 Å². The van der Waals surface area contributed by atoms with E-state index in [1.807, 2.05) is 0 Å². The highest BCUT2D eigenvalue weighted by atomic mass is 16.6. The van der Waals surface area contributed by atoms with Gasteiger partial charge in [-0.1, -0.05) is 276 Å². The highest BCUT2D eigenvalue weighted by molar-refractivity contribution is 5.71. The summed E-state index contributed by atoms with van der Waals surface area (Å²) in [7, 11) is 0. The summed E-state index contributed by atoms with van der Waals surface area (Å²) in [5.41, 5.74) is 0. The van der Waals surface area contributed by atoms with E-state index in [0.717, 1.165) is 141 Å². The Labute approximate surface area is 500 Å². The van der Waals surface area contributed by atoms with Crippen molar-refractivity contribution in [2.45, 2.75) is 309 Å². The number of allylic oxidation sites excluding steroid dienone is 22. The number of unbranched alkanes of at least 4 members (excludes halogenated alkanes) is 27. The molecule has 0 aliphatic carbocycles. The van der Waals surface area contributed by atoms with Crippen LogP contribution in [0.5, 0.6) is 0 Å². The summed E-state index contributed by atoms with van der Waals surface area (Å²) >= 11 is 0. The minimum absolute atomic E-state index is 0.0938. The third-order valence-electron chi connectivity index (χ3n) is 14.1. The molecule has 0 spiro atoms. The molecule has 0 aliphatic heterocycles. The molecule has 0 amide bonds. The molecule has 0 heterocycles. The van der Waals surface area contributed by atoms with Gasteiger partial charge in [0.15, 0.2) is 6.10 Å². The van der Waals surface area contributed by atoms with Crippen LogP contribution in [-0.4, -0.2) is 37.2 Å². The maximum atomic E-state index is 12.9. The van der Waals surface area contributed by atoms with Gasteiger partial charge in [0.05, 0.1) is 0 Å². The molecule has 0 aromatic carbocycles. The molecule has 81 heavy (non-hydrogen) atoms. The van der Waals surface area contributed by atoms with Gasteiger partial charge in [0.25, 0.3) is 0 Å². The summed E-state index contributed by atoms with van der Waals surface area (Å²) in [5, 5.41) is 0. The van der Waals surface area contributed by atoms with E-state index in [1.165, 1.54) is 122 Å². The van der Waals surface area contributed by atoms with Crippen LogP contribution >= 0.6 is 0 Å². The van der Waals surface area contributed by atoms with E-state index < -0.39 is 6.10 Å². The predicted octanol–water partition coefficient (Wildman–Crippen LogP) is 23.3.